The van der Waals surface area contributed by atoms with Crippen LogP contribution in [0.3, 0.4) is 0 Å². The molecule has 3 nitrogen and oxygen atoms in total. The number of likely N-dealkylation sites (N-methyl/N-ethyl adjacent to an activating group) is 1. The van der Waals surface area contributed by atoms with E-state index in [1.54, 1.807) is 12.1 Å². The molecule has 2 aromatic carbocycles. The smallest absolute Gasteiger partial charge is 0.146 e. The molecule has 112 valence electrons. The number of anilines is 1. The maximum absolute atomic E-state index is 13.6. The van der Waals surface area contributed by atoms with Gasteiger partial charge in [0.2, 0.25) is 0 Å². The number of hydrogen-bond donors (Lipinski definition) is 1. The SMILES string of the molecule is CNCc1cccc(OCCN(C)c2ccccc2F)c1. The zero-order chi connectivity index (χ0) is 15.1. The van der Waals surface area contributed by atoms with E-state index in [1.165, 1.54) is 11.6 Å². The summed E-state index contributed by atoms with van der Waals surface area (Å²) in [7, 11) is 3.77. The van der Waals surface area contributed by atoms with Crippen LogP contribution in [0.2, 0.25) is 0 Å². The summed E-state index contributed by atoms with van der Waals surface area (Å²) >= 11 is 0. The van der Waals surface area contributed by atoms with E-state index in [1.807, 2.05) is 43.3 Å². The van der Waals surface area contributed by atoms with E-state index in [2.05, 4.69) is 11.4 Å². The van der Waals surface area contributed by atoms with E-state index >= 15 is 0 Å². The van der Waals surface area contributed by atoms with E-state index in [0.717, 1.165) is 12.3 Å². The lowest BCUT2D eigenvalue weighted by atomic mass is 10.2. The van der Waals surface area contributed by atoms with E-state index in [4.69, 9.17) is 4.74 Å². The standard InChI is InChI=1S/C17H21FN2O/c1-19-13-14-6-5-7-15(12-14)21-11-10-20(2)17-9-4-3-8-16(17)18/h3-9,12,19H,10-11,13H2,1-2H3. The topological polar surface area (TPSA) is 24.5 Å². The van der Waals surface area contributed by atoms with Gasteiger partial charge in [-0.05, 0) is 36.9 Å². The molecule has 0 unspecified atom stereocenters. The van der Waals surface area contributed by atoms with Crippen LogP contribution < -0.4 is 15.0 Å². The maximum atomic E-state index is 13.6. The highest BCUT2D eigenvalue weighted by molar-refractivity contribution is 5.46. The Balaban J connectivity index is 1.86. The number of halogens is 1. The first-order chi connectivity index (χ1) is 10.2. The first kappa shape index (κ1) is 15.3. The fourth-order valence-corrected chi connectivity index (χ4v) is 2.13. The van der Waals surface area contributed by atoms with Crippen LogP contribution in [0.4, 0.5) is 10.1 Å². The molecule has 21 heavy (non-hydrogen) atoms. The van der Waals surface area contributed by atoms with Crippen LogP contribution in [-0.4, -0.2) is 27.2 Å². The Bertz CT molecular complexity index is 574. The van der Waals surface area contributed by atoms with Crippen LogP contribution in [0, 0.1) is 5.82 Å². The molecule has 0 aliphatic heterocycles. The molecule has 4 heteroatoms. The predicted octanol–water partition coefficient (Wildman–Crippen LogP) is 3.06. The van der Waals surface area contributed by atoms with Gasteiger partial charge >= 0.3 is 0 Å². The van der Waals surface area contributed by atoms with Gasteiger partial charge in [-0.1, -0.05) is 24.3 Å². The van der Waals surface area contributed by atoms with Gasteiger partial charge in [0, 0.05) is 13.6 Å². The Kier molecular flexibility index (Phi) is 5.58. The molecular weight excluding hydrogens is 267 g/mol. The first-order valence-corrected chi connectivity index (χ1v) is 7.02. The number of rotatable bonds is 7. The fourth-order valence-electron chi connectivity index (χ4n) is 2.13. The van der Waals surface area contributed by atoms with Crippen LogP contribution in [0.1, 0.15) is 5.56 Å². The molecule has 0 fully saturated rings. The van der Waals surface area contributed by atoms with Crippen molar-refractivity contribution in [2.45, 2.75) is 6.54 Å². The second-order valence-corrected chi connectivity index (χ2v) is 4.90. The van der Waals surface area contributed by atoms with Crippen molar-refractivity contribution >= 4 is 5.69 Å². The molecule has 2 rings (SSSR count). The molecule has 0 heterocycles. The summed E-state index contributed by atoms with van der Waals surface area (Å²) in [6, 6.07) is 14.7. The fraction of sp³-hybridized carbons (Fsp3) is 0.294. The molecular formula is C17H21FN2O. The van der Waals surface area contributed by atoms with E-state index in [9.17, 15) is 4.39 Å². The number of benzene rings is 2. The summed E-state index contributed by atoms with van der Waals surface area (Å²) in [5, 5.41) is 3.11. The molecule has 0 atom stereocenters. The van der Waals surface area contributed by atoms with Gasteiger partial charge in [-0.2, -0.15) is 0 Å². The average molecular weight is 288 g/mol. The van der Waals surface area contributed by atoms with Gasteiger partial charge in [0.05, 0.1) is 12.2 Å². The lowest BCUT2D eigenvalue weighted by Gasteiger charge is -2.20. The summed E-state index contributed by atoms with van der Waals surface area (Å²) in [5.41, 5.74) is 1.77. The minimum atomic E-state index is -0.212. The van der Waals surface area contributed by atoms with E-state index < -0.39 is 0 Å². The third kappa shape index (κ3) is 4.46. The molecule has 0 aliphatic carbocycles. The van der Waals surface area contributed by atoms with Crippen molar-refractivity contribution in [3.05, 3.63) is 59.9 Å². The Labute approximate surface area is 125 Å². The van der Waals surface area contributed by atoms with Gasteiger partial charge in [-0.3, -0.25) is 0 Å². The minimum absolute atomic E-state index is 0.212. The number of nitrogens with one attached hydrogen (secondary N) is 1. The number of hydrogen-bond acceptors (Lipinski definition) is 3. The van der Waals surface area contributed by atoms with Crippen molar-refractivity contribution in [3.63, 3.8) is 0 Å². The Hall–Kier alpha value is -2.07. The van der Waals surface area contributed by atoms with Crippen molar-refractivity contribution in [2.24, 2.45) is 0 Å². The highest BCUT2D eigenvalue weighted by atomic mass is 19.1. The Morgan fingerprint density at radius 2 is 1.95 bits per heavy atom. The summed E-state index contributed by atoms with van der Waals surface area (Å²) in [4.78, 5) is 1.85. The average Bonchev–Trinajstić information content (AvgIpc) is 2.48. The molecule has 1 N–H and O–H groups in total. The highest BCUT2D eigenvalue weighted by Crippen LogP contribution is 2.17. The summed E-state index contributed by atoms with van der Waals surface area (Å²) in [6.07, 6.45) is 0. The van der Waals surface area contributed by atoms with Crippen molar-refractivity contribution in [1.82, 2.24) is 5.32 Å². The third-order valence-electron chi connectivity index (χ3n) is 3.24. The highest BCUT2D eigenvalue weighted by Gasteiger charge is 2.06. The Morgan fingerprint density at radius 1 is 1.14 bits per heavy atom. The van der Waals surface area contributed by atoms with Crippen molar-refractivity contribution in [3.8, 4) is 5.75 Å². The first-order valence-electron chi connectivity index (χ1n) is 7.02. The largest absolute Gasteiger partial charge is 0.492 e. The van der Waals surface area contributed by atoms with Gasteiger partial charge in [0.15, 0.2) is 0 Å². The molecule has 0 amide bonds. The lowest BCUT2D eigenvalue weighted by molar-refractivity contribution is 0.325. The van der Waals surface area contributed by atoms with Crippen LogP contribution >= 0.6 is 0 Å². The molecule has 0 bridgehead atoms. The van der Waals surface area contributed by atoms with E-state index in [0.29, 0.717) is 18.8 Å². The van der Waals surface area contributed by atoms with Gasteiger partial charge in [0.1, 0.15) is 18.2 Å². The third-order valence-corrected chi connectivity index (χ3v) is 3.24. The summed E-state index contributed by atoms with van der Waals surface area (Å²) in [6.45, 7) is 1.94. The zero-order valence-corrected chi connectivity index (χ0v) is 12.5. The predicted molar refractivity (Wildman–Crippen MR) is 84.4 cm³/mol. The number of ether oxygens (including phenoxy) is 1. The van der Waals surface area contributed by atoms with Crippen LogP contribution in [0.5, 0.6) is 5.75 Å². The molecule has 0 spiro atoms. The lowest BCUT2D eigenvalue weighted by Crippen LogP contribution is -2.24. The second-order valence-electron chi connectivity index (χ2n) is 4.90. The van der Waals surface area contributed by atoms with Gasteiger partial charge in [-0.15, -0.1) is 0 Å². The van der Waals surface area contributed by atoms with E-state index in [-0.39, 0.29) is 5.82 Å². The molecule has 0 saturated carbocycles. The van der Waals surface area contributed by atoms with Crippen molar-refractivity contribution < 1.29 is 9.13 Å². The van der Waals surface area contributed by atoms with Crippen molar-refractivity contribution in [2.75, 3.05) is 32.1 Å². The van der Waals surface area contributed by atoms with Crippen LogP contribution in [0.15, 0.2) is 48.5 Å². The quantitative estimate of drug-likeness (QED) is 0.847. The Morgan fingerprint density at radius 3 is 2.71 bits per heavy atom. The molecule has 0 aromatic heterocycles. The molecule has 0 saturated heterocycles. The summed E-state index contributed by atoms with van der Waals surface area (Å²) in [5.74, 6) is 0.626. The van der Waals surface area contributed by atoms with Gasteiger partial charge < -0.3 is 15.0 Å². The normalized spacial score (nSPS) is 10.4. The number of para-hydroxylation sites is 1. The minimum Gasteiger partial charge on any atom is -0.492 e. The van der Waals surface area contributed by atoms with Gasteiger partial charge in [-0.25, -0.2) is 4.39 Å². The molecule has 2 aromatic rings. The summed E-state index contributed by atoms with van der Waals surface area (Å²) < 4.78 is 19.4. The van der Waals surface area contributed by atoms with Crippen molar-refractivity contribution in [1.29, 1.82) is 0 Å². The number of nitrogens with zero attached hydrogens (tertiary/aromatic N) is 1. The molecule has 0 aliphatic rings. The van der Waals surface area contributed by atoms with Crippen LogP contribution in [0.25, 0.3) is 0 Å². The monoisotopic (exact) mass is 288 g/mol. The van der Waals surface area contributed by atoms with Gasteiger partial charge in [0.25, 0.3) is 0 Å². The molecule has 0 radical (unpaired) electrons. The maximum Gasteiger partial charge on any atom is 0.146 e. The van der Waals surface area contributed by atoms with Crippen LogP contribution in [-0.2, 0) is 6.54 Å². The zero-order valence-electron chi connectivity index (χ0n) is 12.5. The second kappa shape index (κ2) is 7.64.